The van der Waals surface area contributed by atoms with Gasteiger partial charge in [0.05, 0.1) is 10.2 Å². The molecule has 9 heteroatoms. The van der Waals surface area contributed by atoms with Crippen molar-refractivity contribution in [1.29, 1.82) is 0 Å². The SMILES string of the molecule is CCN(CC)CCN(C(=O)C1COc2ccccc2O1)c1nc2ccc(Br)cc2s1.Cl. The second-order valence-electron chi connectivity index (χ2n) is 6.99. The molecule has 0 bridgehead atoms. The summed E-state index contributed by atoms with van der Waals surface area (Å²) in [5.74, 6) is 1.13. The van der Waals surface area contributed by atoms with Crippen LogP contribution in [0.1, 0.15) is 13.8 Å². The number of thiazole rings is 1. The predicted molar refractivity (Wildman–Crippen MR) is 131 cm³/mol. The van der Waals surface area contributed by atoms with Crippen LogP contribution in [0, 0.1) is 0 Å². The average molecular weight is 527 g/mol. The fourth-order valence-electron chi connectivity index (χ4n) is 3.40. The summed E-state index contributed by atoms with van der Waals surface area (Å²) in [5, 5.41) is 0.683. The first-order valence-corrected chi connectivity index (χ1v) is 11.7. The highest BCUT2D eigenvalue weighted by Crippen LogP contribution is 2.34. The van der Waals surface area contributed by atoms with Gasteiger partial charge in [-0.2, -0.15) is 0 Å². The molecule has 1 amide bonds. The topological polar surface area (TPSA) is 54.9 Å². The quantitative estimate of drug-likeness (QED) is 0.434. The van der Waals surface area contributed by atoms with Crippen molar-refractivity contribution in [3.63, 3.8) is 0 Å². The summed E-state index contributed by atoms with van der Waals surface area (Å²) < 4.78 is 13.8. The third-order valence-corrected chi connectivity index (χ3v) is 6.69. The van der Waals surface area contributed by atoms with E-state index in [9.17, 15) is 4.79 Å². The van der Waals surface area contributed by atoms with E-state index in [1.807, 2.05) is 42.5 Å². The number of halogens is 2. The number of carbonyl (C=O) groups excluding carboxylic acids is 1. The Labute approximate surface area is 200 Å². The molecular weight excluding hydrogens is 502 g/mol. The summed E-state index contributed by atoms with van der Waals surface area (Å²) in [7, 11) is 0. The van der Waals surface area contributed by atoms with E-state index in [0.29, 0.717) is 23.2 Å². The van der Waals surface area contributed by atoms with Crippen LogP contribution in [0.5, 0.6) is 11.5 Å². The number of amides is 1. The summed E-state index contributed by atoms with van der Waals surface area (Å²) in [6, 6.07) is 13.4. The van der Waals surface area contributed by atoms with Gasteiger partial charge < -0.3 is 14.4 Å². The second-order valence-corrected chi connectivity index (χ2v) is 8.91. The molecule has 2 heterocycles. The van der Waals surface area contributed by atoms with E-state index in [0.717, 1.165) is 34.3 Å². The van der Waals surface area contributed by atoms with Gasteiger partial charge in [-0.05, 0) is 43.4 Å². The lowest BCUT2D eigenvalue weighted by Gasteiger charge is -2.30. The summed E-state index contributed by atoms with van der Waals surface area (Å²) in [6.07, 6.45) is -0.699. The minimum Gasteiger partial charge on any atom is -0.485 e. The normalized spacial score (nSPS) is 15.0. The lowest BCUT2D eigenvalue weighted by molar-refractivity contribution is -0.127. The molecule has 0 aliphatic carbocycles. The molecule has 166 valence electrons. The van der Waals surface area contributed by atoms with Gasteiger partial charge in [0, 0.05) is 17.6 Å². The van der Waals surface area contributed by atoms with Crippen LogP contribution in [-0.2, 0) is 4.79 Å². The van der Waals surface area contributed by atoms with E-state index in [1.54, 1.807) is 4.90 Å². The van der Waals surface area contributed by atoms with Crippen molar-refractivity contribution in [3.05, 3.63) is 46.9 Å². The maximum atomic E-state index is 13.5. The first-order valence-electron chi connectivity index (χ1n) is 10.1. The molecule has 0 saturated carbocycles. The molecule has 3 aromatic rings. The lowest BCUT2D eigenvalue weighted by atomic mass is 10.2. The maximum Gasteiger partial charge on any atom is 0.273 e. The number of rotatable bonds is 7. The van der Waals surface area contributed by atoms with Gasteiger partial charge in [0.1, 0.15) is 6.61 Å². The number of aromatic nitrogens is 1. The van der Waals surface area contributed by atoms with Gasteiger partial charge in [-0.25, -0.2) is 4.98 Å². The Hall–Kier alpha value is -1.87. The number of carbonyl (C=O) groups is 1. The van der Waals surface area contributed by atoms with Gasteiger partial charge in [-0.15, -0.1) is 12.4 Å². The summed E-state index contributed by atoms with van der Waals surface area (Å²) in [4.78, 5) is 22.3. The van der Waals surface area contributed by atoms with E-state index in [2.05, 4.69) is 34.7 Å². The van der Waals surface area contributed by atoms with E-state index in [1.165, 1.54) is 11.3 Å². The number of likely N-dealkylation sites (N-methyl/N-ethyl adjacent to an activating group) is 1. The van der Waals surface area contributed by atoms with Crippen molar-refractivity contribution in [2.45, 2.75) is 20.0 Å². The van der Waals surface area contributed by atoms with E-state index in [4.69, 9.17) is 14.5 Å². The third-order valence-electron chi connectivity index (χ3n) is 5.15. The smallest absolute Gasteiger partial charge is 0.273 e. The Balaban J connectivity index is 0.00000272. The van der Waals surface area contributed by atoms with Gasteiger partial charge in [0.15, 0.2) is 16.6 Å². The number of hydrogen-bond donors (Lipinski definition) is 0. The maximum absolute atomic E-state index is 13.5. The zero-order valence-corrected chi connectivity index (χ0v) is 20.6. The van der Waals surface area contributed by atoms with Crippen molar-refractivity contribution >= 4 is 60.9 Å². The fraction of sp³-hybridized carbons (Fsp3) is 0.364. The van der Waals surface area contributed by atoms with E-state index in [-0.39, 0.29) is 24.9 Å². The molecule has 1 unspecified atom stereocenters. The van der Waals surface area contributed by atoms with Crippen molar-refractivity contribution < 1.29 is 14.3 Å². The van der Waals surface area contributed by atoms with E-state index >= 15 is 0 Å². The van der Waals surface area contributed by atoms with Crippen LogP contribution in [0.2, 0.25) is 0 Å². The number of ether oxygens (including phenoxy) is 2. The monoisotopic (exact) mass is 525 g/mol. The highest BCUT2D eigenvalue weighted by Gasteiger charge is 2.33. The Morgan fingerprint density at radius 2 is 1.90 bits per heavy atom. The zero-order valence-electron chi connectivity index (χ0n) is 17.4. The molecule has 0 saturated heterocycles. The van der Waals surface area contributed by atoms with Crippen molar-refractivity contribution in [3.8, 4) is 11.5 Å². The second kappa shape index (κ2) is 10.6. The van der Waals surface area contributed by atoms with Crippen molar-refractivity contribution in [2.75, 3.05) is 37.7 Å². The first kappa shape index (κ1) is 23.8. The molecule has 1 aliphatic heterocycles. The largest absolute Gasteiger partial charge is 0.485 e. The number of anilines is 1. The summed E-state index contributed by atoms with van der Waals surface area (Å²) in [6.45, 7) is 7.61. The molecule has 0 N–H and O–H groups in total. The Kier molecular flexibility index (Phi) is 8.16. The van der Waals surface area contributed by atoms with Gasteiger partial charge in [0.25, 0.3) is 5.91 Å². The average Bonchev–Trinajstić information content (AvgIpc) is 3.18. The third kappa shape index (κ3) is 5.31. The lowest BCUT2D eigenvalue weighted by Crippen LogP contribution is -2.48. The molecule has 0 radical (unpaired) electrons. The Morgan fingerprint density at radius 3 is 2.65 bits per heavy atom. The fourth-order valence-corrected chi connectivity index (χ4v) is 4.95. The predicted octanol–water partition coefficient (Wildman–Crippen LogP) is 5.00. The highest BCUT2D eigenvalue weighted by atomic mass is 79.9. The van der Waals surface area contributed by atoms with Crippen LogP contribution in [0.4, 0.5) is 5.13 Å². The molecule has 4 rings (SSSR count). The highest BCUT2D eigenvalue weighted by molar-refractivity contribution is 9.10. The van der Waals surface area contributed by atoms with Gasteiger partial charge in [-0.3, -0.25) is 9.69 Å². The Bertz CT molecular complexity index is 1040. The summed E-state index contributed by atoms with van der Waals surface area (Å²) in [5.41, 5.74) is 0.880. The van der Waals surface area contributed by atoms with Crippen molar-refractivity contribution in [2.24, 2.45) is 0 Å². The van der Waals surface area contributed by atoms with Crippen LogP contribution in [0.15, 0.2) is 46.9 Å². The van der Waals surface area contributed by atoms with Gasteiger partial charge in [-0.1, -0.05) is 53.2 Å². The van der Waals surface area contributed by atoms with Crippen LogP contribution in [0.3, 0.4) is 0 Å². The number of benzene rings is 2. The molecule has 6 nitrogen and oxygen atoms in total. The Morgan fingerprint density at radius 1 is 1.16 bits per heavy atom. The number of nitrogens with zero attached hydrogens (tertiary/aromatic N) is 3. The zero-order chi connectivity index (χ0) is 21.1. The van der Waals surface area contributed by atoms with Gasteiger partial charge in [0.2, 0.25) is 6.10 Å². The molecule has 2 aromatic carbocycles. The molecule has 1 aromatic heterocycles. The first-order chi connectivity index (χ1) is 14.6. The molecule has 0 spiro atoms. The molecule has 1 aliphatic rings. The van der Waals surface area contributed by atoms with Crippen LogP contribution in [-0.4, -0.2) is 54.7 Å². The van der Waals surface area contributed by atoms with E-state index < -0.39 is 6.10 Å². The summed E-state index contributed by atoms with van der Waals surface area (Å²) >= 11 is 5.02. The number of hydrogen-bond acceptors (Lipinski definition) is 6. The minimum atomic E-state index is -0.699. The van der Waals surface area contributed by atoms with Crippen molar-refractivity contribution in [1.82, 2.24) is 9.88 Å². The minimum absolute atomic E-state index is 0. The van der Waals surface area contributed by atoms with Crippen LogP contribution in [0.25, 0.3) is 10.2 Å². The van der Waals surface area contributed by atoms with Crippen LogP contribution < -0.4 is 14.4 Å². The number of fused-ring (bicyclic) bond motifs is 2. The molecular formula is C22H25BrClN3O3S. The van der Waals surface area contributed by atoms with Crippen LogP contribution >= 0.6 is 39.7 Å². The van der Waals surface area contributed by atoms with Gasteiger partial charge >= 0.3 is 0 Å². The molecule has 31 heavy (non-hydrogen) atoms. The molecule has 0 fully saturated rings. The molecule has 1 atom stereocenters. The number of para-hydroxylation sites is 2. The standard InChI is InChI=1S/C22H24BrN3O3S.ClH/c1-3-25(4-2)11-12-26(22-24-16-10-9-15(23)13-20(16)30-22)21(27)19-14-28-17-7-5-6-8-18(17)29-19;/h5-10,13,19H,3-4,11-12,14H2,1-2H3;1H.